The fourth-order valence-corrected chi connectivity index (χ4v) is 3.14. The van der Waals surface area contributed by atoms with E-state index in [0.29, 0.717) is 22.6 Å². The molecule has 0 bridgehead atoms. The summed E-state index contributed by atoms with van der Waals surface area (Å²) >= 11 is 3.29. The number of aliphatic imine (C=N–C) groups is 1. The van der Waals surface area contributed by atoms with E-state index < -0.39 is 0 Å². The second-order valence-electron chi connectivity index (χ2n) is 5.02. The number of urea groups is 1. The van der Waals surface area contributed by atoms with Gasteiger partial charge < -0.3 is 10.6 Å². The maximum atomic E-state index is 11.9. The number of rotatable bonds is 1. The van der Waals surface area contributed by atoms with Crippen LogP contribution >= 0.6 is 0 Å². The van der Waals surface area contributed by atoms with Gasteiger partial charge in [0.2, 0.25) is 5.04 Å². The molecule has 17 heavy (non-hydrogen) atoms. The van der Waals surface area contributed by atoms with Gasteiger partial charge in [0.25, 0.3) is 0 Å². The predicted octanol–water partition coefficient (Wildman–Crippen LogP) is 1.11. The predicted molar refractivity (Wildman–Crippen MR) is 73.3 cm³/mol. The highest BCUT2D eigenvalue weighted by Crippen LogP contribution is 2.37. The van der Waals surface area contributed by atoms with Crippen LogP contribution in [0.15, 0.2) is 16.8 Å². The van der Waals surface area contributed by atoms with Crippen molar-refractivity contribution >= 4 is 23.7 Å². The van der Waals surface area contributed by atoms with E-state index >= 15 is 0 Å². The lowest BCUT2D eigenvalue weighted by molar-refractivity contribution is 0.215. The highest BCUT2D eigenvalue weighted by atomic mass is 32.1. The summed E-state index contributed by atoms with van der Waals surface area (Å²) in [6, 6.07) is -0.151. The number of allylic oxidation sites excluding steroid dienone is 1. The van der Waals surface area contributed by atoms with E-state index in [0.717, 1.165) is 13.1 Å². The van der Waals surface area contributed by atoms with Gasteiger partial charge in [0.15, 0.2) is 0 Å². The Labute approximate surface area is 107 Å². The molecule has 2 amide bonds. The maximum absolute atomic E-state index is 11.9. The van der Waals surface area contributed by atoms with Crippen molar-refractivity contribution in [2.75, 3.05) is 13.1 Å². The van der Waals surface area contributed by atoms with Crippen LogP contribution in [0.5, 0.6) is 0 Å². The van der Waals surface area contributed by atoms with E-state index in [2.05, 4.69) is 17.6 Å². The smallest absolute Gasteiger partial charge is 0.347 e. The van der Waals surface area contributed by atoms with Crippen molar-refractivity contribution in [1.82, 2.24) is 4.90 Å². The Bertz CT molecular complexity index is 362. The average molecular weight is 254 g/mol. The zero-order valence-corrected chi connectivity index (χ0v) is 11.1. The van der Waals surface area contributed by atoms with Crippen molar-refractivity contribution in [1.29, 1.82) is 0 Å². The molecule has 94 valence electrons. The molecular weight excluding hydrogens is 234 g/mol. The monoisotopic (exact) mass is 254 g/mol. The molecule has 1 saturated heterocycles. The molecule has 0 spiro atoms. The molecule has 0 radical (unpaired) electrons. The maximum Gasteiger partial charge on any atom is 0.347 e. The number of fused-ring (bicyclic) bond motifs is 1. The fourth-order valence-electron chi connectivity index (χ4n) is 2.81. The van der Waals surface area contributed by atoms with Gasteiger partial charge in [-0.2, -0.15) is 0 Å². The van der Waals surface area contributed by atoms with Gasteiger partial charge in [-0.25, -0.2) is 4.79 Å². The Hall–Kier alpha value is -0.970. The van der Waals surface area contributed by atoms with Gasteiger partial charge >= 0.3 is 6.03 Å². The standard InChI is InChI=1S/C12H19N3OS/c1-8(13)5-11(17)14-12(16)15-6-9-3-2-4-10(9)7-15/h5,9-10H,2-4,6-7,13H2,1H3,(H,14,16,17)/p+1/b8-5-/t9-,10?/m1/s1. The third kappa shape index (κ3) is 3.03. The molecule has 1 heterocycles. The lowest BCUT2D eigenvalue weighted by atomic mass is 10.0. The normalized spacial score (nSPS) is 29.6. The van der Waals surface area contributed by atoms with Gasteiger partial charge in [-0.15, -0.1) is 4.99 Å². The highest BCUT2D eigenvalue weighted by molar-refractivity contribution is 7.78. The lowest BCUT2D eigenvalue weighted by Gasteiger charge is -2.13. The molecule has 2 aliphatic rings. The largest absolute Gasteiger partial charge is 0.402 e. The molecular formula is C12H20N3OS+. The van der Waals surface area contributed by atoms with Crippen LogP contribution in [-0.2, 0) is 12.6 Å². The Morgan fingerprint density at radius 2 is 2.00 bits per heavy atom. The summed E-state index contributed by atoms with van der Waals surface area (Å²) in [6.45, 7) is 3.51. The molecule has 1 saturated carbocycles. The first kappa shape index (κ1) is 12.5. The van der Waals surface area contributed by atoms with E-state index in [4.69, 9.17) is 5.73 Å². The zero-order valence-electron chi connectivity index (χ0n) is 10.1. The summed E-state index contributed by atoms with van der Waals surface area (Å²) in [4.78, 5) is 17.7. The SMILES string of the molecule is C/C(N)=C/C([SH2+])=N\C(=O)N1CC2CCC[C@@H]2C1. The summed E-state index contributed by atoms with van der Waals surface area (Å²) in [5.74, 6) is 1.41. The van der Waals surface area contributed by atoms with E-state index in [1.165, 1.54) is 19.3 Å². The van der Waals surface area contributed by atoms with Gasteiger partial charge in [0.1, 0.15) is 0 Å². The first-order chi connectivity index (χ1) is 8.06. The molecule has 2 N–H and O–H groups in total. The number of carbonyl (C=O) groups is 1. The zero-order chi connectivity index (χ0) is 12.4. The molecule has 0 aromatic carbocycles. The molecule has 2 fully saturated rings. The molecule has 0 aromatic heterocycles. The average Bonchev–Trinajstić information content (AvgIpc) is 2.73. The van der Waals surface area contributed by atoms with Gasteiger partial charge in [-0.3, -0.25) is 0 Å². The third-order valence-electron chi connectivity index (χ3n) is 3.58. The second kappa shape index (κ2) is 5.12. The number of hydrogen-bond donors (Lipinski definition) is 1. The summed E-state index contributed by atoms with van der Waals surface area (Å²) in [6.07, 6.45) is 5.49. The van der Waals surface area contributed by atoms with Gasteiger partial charge in [-0.05, 0) is 31.6 Å². The molecule has 0 aromatic rings. The molecule has 1 aliphatic carbocycles. The van der Waals surface area contributed by atoms with Crippen molar-refractivity contribution in [2.45, 2.75) is 26.2 Å². The molecule has 5 heteroatoms. The number of hydrogen-bond acceptors (Lipinski definition) is 2. The molecule has 1 unspecified atom stereocenters. The number of amides is 2. The number of carbonyl (C=O) groups excluding carboxylic acids is 1. The van der Waals surface area contributed by atoms with Crippen LogP contribution in [0, 0.1) is 11.8 Å². The summed E-state index contributed by atoms with van der Waals surface area (Å²) in [7, 11) is 0. The van der Waals surface area contributed by atoms with Crippen LogP contribution in [0.3, 0.4) is 0 Å². The van der Waals surface area contributed by atoms with Crippen LogP contribution in [0.2, 0.25) is 0 Å². The molecule has 4 nitrogen and oxygen atoms in total. The van der Waals surface area contributed by atoms with E-state index in [9.17, 15) is 4.79 Å². The number of nitrogens with zero attached hydrogens (tertiary/aromatic N) is 2. The Morgan fingerprint density at radius 1 is 1.41 bits per heavy atom. The van der Waals surface area contributed by atoms with Crippen LogP contribution in [0.4, 0.5) is 4.79 Å². The van der Waals surface area contributed by atoms with Crippen molar-refractivity contribution < 1.29 is 4.79 Å². The minimum absolute atomic E-state index is 0.151. The minimum atomic E-state index is -0.151. The summed E-state index contributed by atoms with van der Waals surface area (Å²) < 4.78 is 0. The van der Waals surface area contributed by atoms with Crippen molar-refractivity contribution in [2.24, 2.45) is 22.6 Å². The van der Waals surface area contributed by atoms with Crippen molar-refractivity contribution in [3.05, 3.63) is 11.8 Å². The van der Waals surface area contributed by atoms with Gasteiger partial charge in [0, 0.05) is 37.5 Å². The van der Waals surface area contributed by atoms with E-state index in [1.54, 1.807) is 13.0 Å². The van der Waals surface area contributed by atoms with E-state index in [1.807, 2.05) is 4.90 Å². The molecule has 2 rings (SSSR count). The quantitative estimate of drug-likeness (QED) is 0.433. The topological polar surface area (TPSA) is 58.7 Å². The lowest BCUT2D eigenvalue weighted by Crippen LogP contribution is -2.27. The van der Waals surface area contributed by atoms with Gasteiger partial charge in [0.05, 0.1) is 0 Å². The third-order valence-corrected chi connectivity index (χ3v) is 3.83. The summed E-state index contributed by atoms with van der Waals surface area (Å²) in [5.41, 5.74) is 6.15. The Morgan fingerprint density at radius 3 is 2.53 bits per heavy atom. The first-order valence-corrected chi connectivity index (χ1v) is 6.59. The fraction of sp³-hybridized carbons (Fsp3) is 0.667. The van der Waals surface area contributed by atoms with Crippen LogP contribution in [0.1, 0.15) is 26.2 Å². The van der Waals surface area contributed by atoms with Gasteiger partial charge in [-0.1, -0.05) is 6.42 Å². The van der Waals surface area contributed by atoms with Crippen molar-refractivity contribution in [3.63, 3.8) is 0 Å². The number of nitrogens with two attached hydrogens (primary N) is 1. The Kier molecular flexibility index (Phi) is 3.76. The molecule has 1 aliphatic heterocycles. The highest BCUT2D eigenvalue weighted by Gasteiger charge is 2.38. The number of likely N-dealkylation sites (tertiary alicyclic amines) is 1. The molecule has 2 atom stereocenters. The van der Waals surface area contributed by atoms with E-state index in [-0.39, 0.29) is 6.03 Å². The van der Waals surface area contributed by atoms with Crippen LogP contribution in [-0.4, -0.2) is 29.1 Å². The second-order valence-corrected chi connectivity index (χ2v) is 5.54. The first-order valence-electron chi connectivity index (χ1n) is 6.09. The van der Waals surface area contributed by atoms with Crippen molar-refractivity contribution in [3.8, 4) is 0 Å². The van der Waals surface area contributed by atoms with Crippen LogP contribution in [0.25, 0.3) is 0 Å². The van der Waals surface area contributed by atoms with Crippen LogP contribution < -0.4 is 5.73 Å². The summed E-state index contributed by atoms with van der Waals surface area (Å²) in [5, 5.41) is 0.493. The minimum Gasteiger partial charge on any atom is -0.402 e. The Balaban J connectivity index is 1.96.